The number of benzene rings is 2. The molecule has 4 rings (SSSR count). The number of nitrogens with one attached hydrogen (secondary N) is 2. The van der Waals surface area contributed by atoms with Gasteiger partial charge >= 0.3 is 0 Å². The summed E-state index contributed by atoms with van der Waals surface area (Å²) in [6, 6.07) is 11.2. The van der Waals surface area contributed by atoms with Crippen LogP contribution < -0.4 is 10.0 Å². The number of phenolic OH excluding ortho intramolecular Hbond substituents is 1. The molecule has 3 N–H and O–H groups in total. The number of aromatic nitrogens is 2. The van der Waals surface area contributed by atoms with Crippen molar-refractivity contribution in [1.82, 2.24) is 19.6 Å². The molecule has 10 heteroatoms. The lowest BCUT2D eigenvalue weighted by molar-refractivity contribution is 0.344. The molecule has 34 heavy (non-hydrogen) atoms. The molecule has 178 valence electrons. The summed E-state index contributed by atoms with van der Waals surface area (Å²) in [7, 11) is -3.55. The zero-order valence-corrected chi connectivity index (χ0v) is 20.1. The Bertz CT molecular complexity index is 1240. The van der Waals surface area contributed by atoms with Crippen molar-refractivity contribution in [2.75, 3.05) is 31.5 Å². The minimum Gasteiger partial charge on any atom is -0.508 e. The molecule has 0 amide bonds. The van der Waals surface area contributed by atoms with Crippen molar-refractivity contribution >= 4 is 45.4 Å². The summed E-state index contributed by atoms with van der Waals surface area (Å²) in [6.07, 6.45) is 9.21. The van der Waals surface area contributed by atoms with Crippen molar-refractivity contribution in [3.63, 3.8) is 0 Å². The number of hydrogen-bond acceptors (Lipinski definition) is 7. The molecule has 0 unspecified atom stereocenters. The van der Waals surface area contributed by atoms with E-state index in [4.69, 9.17) is 11.6 Å². The number of aromatic hydroxyl groups is 1. The van der Waals surface area contributed by atoms with Gasteiger partial charge in [0.2, 0.25) is 16.0 Å². The topological polar surface area (TPSA) is 107 Å². The highest BCUT2D eigenvalue weighted by Crippen LogP contribution is 2.23. The van der Waals surface area contributed by atoms with E-state index in [1.165, 1.54) is 18.9 Å². The Hall–Kier alpha value is -2.98. The van der Waals surface area contributed by atoms with Crippen molar-refractivity contribution in [2.45, 2.75) is 17.7 Å². The van der Waals surface area contributed by atoms with Gasteiger partial charge in [0.25, 0.3) is 0 Å². The van der Waals surface area contributed by atoms with E-state index in [1.54, 1.807) is 60.9 Å². The predicted octanol–water partition coefficient (Wildman–Crippen LogP) is 4.12. The van der Waals surface area contributed by atoms with Crippen LogP contribution in [0.15, 0.2) is 59.8 Å². The Morgan fingerprint density at radius 2 is 1.74 bits per heavy atom. The van der Waals surface area contributed by atoms with E-state index in [2.05, 4.69) is 24.9 Å². The van der Waals surface area contributed by atoms with Crippen LogP contribution in [0, 0.1) is 0 Å². The van der Waals surface area contributed by atoms with Crippen molar-refractivity contribution in [3.8, 4) is 5.75 Å². The van der Waals surface area contributed by atoms with Crippen LogP contribution in [0.3, 0.4) is 0 Å². The molecule has 1 aliphatic rings. The van der Waals surface area contributed by atoms with Gasteiger partial charge < -0.3 is 15.3 Å². The number of rotatable bonds is 9. The van der Waals surface area contributed by atoms with Crippen molar-refractivity contribution in [1.29, 1.82) is 0 Å². The first kappa shape index (κ1) is 24.2. The summed E-state index contributed by atoms with van der Waals surface area (Å²) in [5, 5.41) is 13.2. The van der Waals surface area contributed by atoms with Gasteiger partial charge in [0.05, 0.1) is 4.90 Å². The van der Waals surface area contributed by atoms with Gasteiger partial charge in [-0.3, -0.25) is 0 Å². The highest BCUT2D eigenvalue weighted by Gasteiger charge is 2.16. The smallest absolute Gasteiger partial charge is 0.240 e. The number of nitrogens with zero attached hydrogens (tertiary/aromatic N) is 3. The Morgan fingerprint density at radius 3 is 2.44 bits per heavy atom. The lowest BCUT2D eigenvalue weighted by atomic mass is 10.1. The summed E-state index contributed by atoms with van der Waals surface area (Å²) in [5.74, 6) is 0.517. The molecule has 0 aliphatic carbocycles. The maximum Gasteiger partial charge on any atom is 0.240 e. The fourth-order valence-corrected chi connectivity index (χ4v) is 4.81. The normalized spacial score (nSPS) is 14.6. The first-order chi connectivity index (χ1) is 16.4. The predicted molar refractivity (Wildman–Crippen MR) is 135 cm³/mol. The molecular formula is C24H26ClN5O3S. The van der Waals surface area contributed by atoms with Crippen molar-refractivity contribution in [3.05, 3.63) is 71.0 Å². The van der Waals surface area contributed by atoms with Gasteiger partial charge in [-0.1, -0.05) is 23.8 Å². The molecule has 1 fully saturated rings. The van der Waals surface area contributed by atoms with E-state index in [1.807, 2.05) is 0 Å². The summed E-state index contributed by atoms with van der Waals surface area (Å²) >= 11 is 6.12. The molecule has 2 aromatic carbocycles. The quantitative estimate of drug-likeness (QED) is 0.406. The van der Waals surface area contributed by atoms with Crippen LogP contribution >= 0.6 is 11.6 Å². The zero-order valence-electron chi connectivity index (χ0n) is 18.5. The van der Waals surface area contributed by atoms with E-state index in [9.17, 15) is 13.5 Å². The molecule has 8 nitrogen and oxygen atoms in total. The van der Waals surface area contributed by atoms with Crippen LogP contribution in [0.5, 0.6) is 5.75 Å². The van der Waals surface area contributed by atoms with E-state index in [-0.39, 0.29) is 10.6 Å². The van der Waals surface area contributed by atoms with Gasteiger partial charge in [-0.25, -0.2) is 23.1 Å². The Labute approximate surface area is 204 Å². The maximum atomic E-state index is 12.5. The van der Waals surface area contributed by atoms with Crippen LogP contribution in [-0.4, -0.2) is 54.6 Å². The third kappa shape index (κ3) is 6.54. The third-order valence-corrected chi connectivity index (χ3v) is 7.27. The van der Waals surface area contributed by atoms with E-state index in [0.717, 1.165) is 25.2 Å². The molecule has 3 aromatic rings. The first-order valence-corrected chi connectivity index (χ1v) is 12.8. The second-order valence-corrected chi connectivity index (χ2v) is 10.1. The highest BCUT2D eigenvalue weighted by atomic mass is 35.5. The van der Waals surface area contributed by atoms with Gasteiger partial charge in [-0.05, 0) is 74.0 Å². The van der Waals surface area contributed by atoms with Crippen LogP contribution in [-0.2, 0) is 10.0 Å². The molecule has 2 heterocycles. The lowest BCUT2D eigenvalue weighted by Gasteiger charge is -2.15. The SMILES string of the molecule is O=S(=O)(NCCN1CCCC1)c1ccc(Nc2ncc(/C=C/c3cc(O)ccc3Cl)cn2)cc1. The highest BCUT2D eigenvalue weighted by molar-refractivity contribution is 7.89. The van der Waals surface area contributed by atoms with Crippen molar-refractivity contribution < 1.29 is 13.5 Å². The Balaban J connectivity index is 1.33. The fourth-order valence-electron chi connectivity index (χ4n) is 3.61. The average molecular weight is 500 g/mol. The Kier molecular flexibility index (Phi) is 7.79. The number of halogens is 1. The van der Waals surface area contributed by atoms with E-state index >= 15 is 0 Å². The average Bonchev–Trinajstić information content (AvgIpc) is 3.34. The molecule has 1 aromatic heterocycles. The summed E-state index contributed by atoms with van der Waals surface area (Å²) in [5.41, 5.74) is 2.11. The maximum absolute atomic E-state index is 12.5. The van der Waals surface area contributed by atoms with E-state index in [0.29, 0.717) is 28.8 Å². The minimum atomic E-state index is -3.55. The molecule has 1 saturated heterocycles. The first-order valence-electron chi connectivity index (χ1n) is 11.0. The van der Waals surface area contributed by atoms with Gasteiger partial charge in [0.1, 0.15) is 5.75 Å². The van der Waals surface area contributed by atoms with Gasteiger partial charge in [-0.15, -0.1) is 0 Å². The zero-order chi connectivity index (χ0) is 24.0. The standard InChI is InChI=1S/C24H26ClN5O3S/c25-23-10-7-21(31)15-19(23)4-3-18-16-26-24(27-17-18)29-20-5-8-22(9-6-20)34(32,33)28-11-14-30-12-1-2-13-30/h3-10,15-17,28,31H,1-2,11-14H2,(H,26,27,29)/b4-3+. The number of hydrogen-bond donors (Lipinski definition) is 3. The molecule has 0 radical (unpaired) electrons. The molecule has 0 atom stereocenters. The molecule has 0 spiro atoms. The lowest BCUT2D eigenvalue weighted by Crippen LogP contribution is -2.33. The molecule has 0 bridgehead atoms. The van der Waals surface area contributed by atoms with Gasteiger partial charge in [0, 0.05) is 41.8 Å². The fraction of sp³-hybridized carbons (Fsp3) is 0.250. The molecule has 1 aliphatic heterocycles. The van der Waals surface area contributed by atoms with Gasteiger partial charge in [-0.2, -0.15) is 0 Å². The van der Waals surface area contributed by atoms with Crippen LogP contribution in [0.4, 0.5) is 11.6 Å². The van der Waals surface area contributed by atoms with Gasteiger partial charge in [0.15, 0.2) is 0 Å². The van der Waals surface area contributed by atoms with Crippen LogP contribution in [0.2, 0.25) is 5.02 Å². The number of likely N-dealkylation sites (tertiary alicyclic amines) is 1. The largest absolute Gasteiger partial charge is 0.508 e. The second kappa shape index (κ2) is 11.0. The third-order valence-electron chi connectivity index (χ3n) is 5.45. The summed E-state index contributed by atoms with van der Waals surface area (Å²) < 4.78 is 27.7. The monoisotopic (exact) mass is 499 g/mol. The number of sulfonamides is 1. The second-order valence-electron chi connectivity index (χ2n) is 7.98. The van der Waals surface area contributed by atoms with Crippen LogP contribution in [0.25, 0.3) is 12.2 Å². The number of phenols is 1. The minimum absolute atomic E-state index is 0.136. The summed E-state index contributed by atoms with van der Waals surface area (Å²) in [6.45, 7) is 3.19. The Morgan fingerprint density at radius 1 is 1.03 bits per heavy atom. The van der Waals surface area contributed by atoms with Crippen molar-refractivity contribution in [2.24, 2.45) is 0 Å². The molecular weight excluding hydrogens is 474 g/mol. The molecule has 0 saturated carbocycles. The van der Waals surface area contributed by atoms with Crippen LogP contribution in [0.1, 0.15) is 24.0 Å². The number of anilines is 2. The summed E-state index contributed by atoms with van der Waals surface area (Å²) in [4.78, 5) is 11.0. The van der Waals surface area contributed by atoms with E-state index < -0.39 is 10.0 Å².